The molecule has 2 aromatic carbocycles. The largest absolute Gasteiger partial charge is 0.372 e. The van der Waals surface area contributed by atoms with E-state index >= 15 is 0 Å². The van der Waals surface area contributed by atoms with Gasteiger partial charge in [0, 0.05) is 36.0 Å². The summed E-state index contributed by atoms with van der Waals surface area (Å²) in [6, 6.07) is 11.2. The highest BCUT2D eigenvalue weighted by molar-refractivity contribution is 6.00. The summed E-state index contributed by atoms with van der Waals surface area (Å²) in [5, 5.41) is 11.0. The van der Waals surface area contributed by atoms with Gasteiger partial charge < -0.3 is 4.90 Å². The van der Waals surface area contributed by atoms with Gasteiger partial charge in [-0.05, 0) is 51.1 Å². The third-order valence-electron chi connectivity index (χ3n) is 4.29. The molecule has 2 rings (SSSR count). The van der Waals surface area contributed by atoms with Crippen molar-refractivity contribution in [3.8, 4) is 0 Å². The third-order valence-corrected chi connectivity index (χ3v) is 4.29. The zero-order valence-electron chi connectivity index (χ0n) is 15.5. The van der Waals surface area contributed by atoms with Crippen molar-refractivity contribution in [1.82, 2.24) is 10.9 Å². The predicted octanol–water partition coefficient (Wildman–Crippen LogP) is 2.82. The average Bonchev–Trinajstić information content (AvgIpc) is 2.67. The molecule has 0 spiro atoms. The summed E-state index contributed by atoms with van der Waals surface area (Å²) in [5.74, 6) is -1.10. The van der Waals surface area contributed by atoms with Crippen LogP contribution in [0.2, 0.25) is 0 Å². The van der Waals surface area contributed by atoms with Gasteiger partial charge in [0.2, 0.25) is 0 Å². The van der Waals surface area contributed by atoms with Gasteiger partial charge in [-0.15, -0.1) is 0 Å². The van der Waals surface area contributed by atoms with Gasteiger partial charge in [0.05, 0.1) is 10.5 Å². The maximum absolute atomic E-state index is 12.2. The molecule has 0 fully saturated rings. The van der Waals surface area contributed by atoms with E-state index in [4.69, 9.17) is 0 Å². The van der Waals surface area contributed by atoms with Crippen LogP contribution in [0.15, 0.2) is 42.5 Å². The van der Waals surface area contributed by atoms with Crippen LogP contribution in [-0.4, -0.2) is 29.8 Å². The number of benzene rings is 2. The van der Waals surface area contributed by atoms with Crippen LogP contribution in [0.25, 0.3) is 0 Å². The van der Waals surface area contributed by atoms with Crippen LogP contribution in [0.5, 0.6) is 0 Å². The van der Waals surface area contributed by atoms with Crippen molar-refractivity contribution in [1.29, 1.82) is 0 Å². The molecule has 0 aliphatic heterocycles. The molecular weight excluding hydrogens is 348 g/mol. The lowest BCUT2D eigenvalue weighted by molar-refractivity contribution is -0.385. The molecule has 8 heteroatoms. The second-order valence-corrected chi connectivity index (χ2v) is 5.83. The van der Waals surface area contributed by atoms with Gasteiger partial charge in [-0.2, -0.15) is 0 Å². The number of nitrogens with zero attached hydrogens (tertiary/aromatic N) is 2. The topological polar surface area (TPSA) is 105 Å². The molecule has 0 unspecified atom stereocenters. The van der Waals surface area contributed by atoms with Crippen molar-refractivity contribution in [3.05, 3.63) is 69.3 Å². The number of anilines is 1. The van der Waals surface area contributed by atoms with E-state index in [1.807, 2.05) is 12.1 Å². The van der Waals surface area contributed by atoms with E-state index in [-0.39, 0.29) is 16.8 Å². The van der Waals surface area contributed by atoms with Crippen LogP contribution >= 0.6 is 0 Å². The van der Waals surface area contributed by atoms with E-state index in [0.29, 0.717) is 5.56 Å². The first-order valence-corrected chi connectivity index (χ1v) is 8.58. The van der Waals surface area contributed by atoms with Crippen LogP contribution in [0.1, 0.15) is 40.1 Å². The van der Waals surface area contributed by atoms with Gasteiger partial charge >= 0.3 is 0 Å². The summed E-state index contributed by atoms with van der Waals surface area (Å²) >= 11 is 0. The lowest BCUT2D eigenvalue weighted by Crippen LogP contribution is -2.41. The maximum Gasteiger partial charge on any atom is 0.273 e. The molecule has 0 aliphatic carbocycles. The van der Waals surface area contributed by atoms with Crippen LogP contribution in [0.3, 0.4) is 0 Å². The van der Waals surface area contributed by atoms with Crippen molar-refractivity contribution in [2.45, 2.75) is 20.8 Å². The van der Waals surface area contributed by atoms with Gasteiger partial charge in [-0.3, -0.25) is 30.6 Å². The fraction of sp³-hybridized carbons (Fsp3) is 0.263. The van der Waals surface area contributed by atoms with E-state index in [2.05, 4.69) is 29.6 Å². The number of rotatable bonds is 6. The number of hydrazine groups is 1. The monoisotopic (exact) mass is 370 g/mol. The van der Waals surface area contributed by atoms with Crippen molar-refractivity contribution in [2.24, 2.45) is 0 Å². The van der Waals surface area contributed by atoms with E-state index in [1.165, 1.54) is 25.1 Å². The minimum atomic E-state index is -0.621. The number of hydrogen-bond donors (Lipinski definition) is 2. The molecule has 0 radical (unpaired) electrons. The molecule has 0 bridgehead atoms. The number of carbonyl (C=O) groups excluding carboxylic acids is 2. The maximum atomic E-state index is 12.2. The Morgan fingerprint density at radius 3 is 2.15 bits per heavy atom. The molecule has 2 aromatic rings. The average molecular weight is 370 g/mol. The molecule has 0 saturated heterocycles. The SMILES string of the molecule is CCN(CC)c1ccc(C(=O)NNC(=O)c2cccc([N+](=O)[O-])c2C)cc1. The van der Waals surface area contributed by atoms with E-state index in [9.17, 15) is 19.7 Å². The summed E-state index contributed by atoms with van der Waals surface area (Å²) in [6.45, 7) is 7.31. The van der Waals surface area contributed by atoms with E-state index in [0.717, 1.165) is 18.8 Å². The highest BCUT2D eigenvalue weighted by Gasteiger charge is 2.18. The summed E-state index contributed by atoms with van der Waals surface area (Å²) in [6.07, 6.45) is 0. The molecule has 0 heterocycles. The number of nitro benzene ring substituents is 1. The van der Waals surface area contributed by atoms with Crippen LogP contribution in [-0.2, 0) is 0 Å². The van der Waals surface area contributed by atoms with Gasteiger partial charge in [0.15, 0.2) is 0 Å². The smallest absolute Gasteiger partial charge is 0.273 e. The van der Waals surface area contributed by atoms with Crippen molar-refractivity contribution in [3.63, 3.8) is 0 Å². The Labute approximate surface area is 157 Å². The molecule has 0 aliphatic rings. The Hall–Kier alpha value is -3.42. The van der Waals surface area contributed by atoms with E-state index < -0.39 is 16.7 Å². The first-order chi connectivity index (χ1) is 12.9. The number of nitro groups is 1. The predicted molar refractivity (Wildman–Crippen MR) is 103 cm³/mol. The molecule has 8 nitrogen and oxygen atoms in total. The van der Waals surface area contributed by atoms with Gasteiger partial charge in [0.25, 0.3) is 17.5 Å². The minimum absolute atomic E-state index is 0.126. The van der Waals surface area contributed by atoms with Gasteiger partial charge in [-0.1, -0.05) is 6.07 Å². The summed E-state index contributed by atoms with van der Waals surface area (Å²) in [4.78, 5) is 37.0. The zero-order chi connectivity index (χ0) is 20.0. The Kier molecular flexibility index (Phi) is 6.48. The fourth-order valence-corrected chi connectivity index (χ4v) is 2.73. The Balaban J connectivity index is 2.04. The molecule has 27 heavy (non-hydrogen) atoms. The number of amides is 2. The molecule has 0 atom stereocenters. The molecule has 2 amide bonds. The molecular formula is C19H22N4O4. The van der Waals surface area contributed by atoms with Gasteiger partial charge in [0.1, 0.15) is 0 Å². The van der Waals surface area contributed by atoms with Gasteiger partial charge in [-0.25, -0.2) is 0 Å². The lowest BCUT2D eigenvalue weighted by atomic mass is 10.1. The first kappa shape index (κ1) is 19.9. The first-order valence-electron chi connectivity index (χ1n) is 8.58. The van der Waals surface area contributed by atoms with Crippen molar-refractivity contribution in [2.75, 3.05) is 18.0 Å². The summed E-state index contributed by atoms with van der Waals surface area (Å²) < 4.78 is 0. The number of nitrogens with one attached hydrogen (secondary N) is 2. The lowest BCUT2D eigenvalue weighted by Gasteiger charge is -2.21. The van der Waals surface area contributed by atoms with Crippen LogP contribution in [0, 0.1) is 17.0 Å². The summed E-state index contributed by atoms with van der Waals surface area (Å²) in [7, 11) is 0. The van der Waals surface area contributed by atoms with E-state index in [1.54, 1.807) is 12.1 Å². The molecule has 142 valence electrons. The fourth-order valence-electron chi connectivity index (χ4n) is 2.73. The standard InChI is InChI=1S/C19H22N4O4/c1-4-22(5-2)15-11-9-14(10-12-15)18(24)20-21-19(25)16-7-6-8-17(13(16)3)23(26)27/h6-12H,4-5H2,1-3H3,(H,20,24)(H,21,25). The Morgan fingerprint density at radius 1 is 1.00 bits per heavy atom. The normalized spacial score (nSPS) is 10.2. The highest BCUT2D eigenvalue weighted by Crippen LogP contribution is 2.20. The minimum Gasteiger partial charge on any atom is -0.372 e. The molecule has 0 aromatic heterocycles. The van der Waals surface area contributed by atoms with Crippen molar-refractivity contribution < 1.29 is 14.5 Å². The Bertz CT molecular complexity index is 845. The second kappa shape index (κ2) is 8.79. The van der Waals surface area contributed by atoms with Crippen LogP contribution < -0.4 is 15.8 Å². The zero-order valence-corrected chi connectivity index (χ0v) is 15.5. The molecule has 0 saturated carbocycles. The Morgan fingerprint density at radius 2 is 1.59 bits per heavy atom. The number of hydrogen-bond acceptors (Lipinski definition) is 5. The van der Waals surface area contributed by atoms with Crippen molar-refractivity contribution >= 4 is 23.2 Å². The third kappa shape index (κ3) is 4.60. The quantitative estimate of drug-likeness (QED) is 0.601. The summed E-state index contributed by atoms with van der Waals surface area (Å²) in [5.41, 5.74) is 6.23. The van der Waals surface area contributed by atoms with Crippen LogP contribution in [0.4, 0.5) is 11.4 Å². The molecule has 2 N–H and O–H groups in total. The highest BCUT2D eigenvalue weighted by atomic mass is 16.6. The number of carbonyl (C=O) groups is 2. The second-order valence-electron chi connectivity index (χ2n) is 5.83.